The SMILES string of the molecule is CC(C)(C)NC1CCc2cccc(O)c2C1.CC(C)(C)c1ccc2cn[nH]c2c1.CC(C)(C)c1cccc2[nH]ncc12.CC(C)NC1CCc2cc(O)ccc2C1. The molecule has 8 rings (SSSR count). The van der Waals surface area contributed by atoms with E-state index in [4.69, 9.17) is 0 Å². The molecular formula is C49H68N6O2. The summed E-state index contributed by atoms with van der Waals surface area (Å²) in [5.74, 6) is 0.849. The van der Waals surface area contributed by atoms with Crippen LogP contribution in [0.4, 0.5) is 0 Å². The number of phenolic OH excluding ortho intramolecular Hbond substituents is 2. The van der Waals surface area contributed by atoms with Crippen LogP contribution in [0.3, 0.4) is 0 Å². The van der Waals surface area contributed by atoms with Crippen molar-refractivity contribution in [3.05, 3.63) is 119 Å². The van der Waals surface area contributed by atoms with Gasteiger partial charge < -0.3 is 20.8 Å². The predicted molar refractivity (Wildman–Crippen MR) is 239 cm³/mol. The Morgan fingerprint density at radius 3 is 2.05 bits per heavy atom. The molecule has 57 heavy (non-hydrogen) atoms. The Labute approximate surface area is 341 Å². The fourth-order valence-electron chi connectivity index (χ4n) is 7.89. The molecule has 8 nitrogen and oxygen atoms in total. The first-order valence-corrected chi connectivity index (χ1v) is 20.8. The normalized spacial score (nSPS) is 16.7. The average molecular weight is 773 g/mol. The highest BCUT2D eigenvalue weighted by atomic mass is 16.3. The number of aromatic amines is 2. The van der Waals surface area contributed by atoms with E-state index in [1.165, 1.54) is 45.0 Å². The fourth-order valence-corrected chi connectivity index (χ4v) is 7.89. The minimum atomic E-state index is 0.145. The van der Waals surface area contributed by atoms with Crippen molar-refractivity contribution in [2.45, 2.75) is 149 Å². The highest BCUT2D eigenvalue weighted by Gasteiger charge is 2.24. The molecule has 2 atom stereocenters. The third kappa shape index (κ3) is 12.4. The van der Waals surface area contributed by atoms with Crippen LogP contribution in [0.25, 0.3) is 21.8 Å². The summed E-state index contributed by atoms with van der Waals surface area (Å²) in [4.78, 5) is 0. The van der Waals surface area contributed by atoms with Crippen molar-refractivity contribution in [1.82, 2.24) is 31.0 Å². The molecular weight excluding hydrogens is 705 g/mol. The zero-order valence-corrected chi connectivity index (χ0v) is 36.3. The summed E-state index contributed by atoms with van der Waals surface area (Å²) in [6.07, 6.45) is 10.3. The van der Waals surface area contributed by atoms with E-state index in [9.17, 15) is 10.2 Å². The largest absolute Gasteiger partial charge is 0.508 e. The standard InChI is InChI=1S/C14H21NO.C13H19NO.2C11H14N2/c1-14(2,3)15-11-8-7-10-5-4-6-13(16)12(10)9-11;1-9(2)14-12-5-3-11-8-13(15)6-4-10(11)7-12;1-11(2,3)9-5-4-8-7-12-13-10(8)6-9;1-11(2,3)9-5-4-6-10-8(9)7-12-13-10/h4-6,11,15-16H,7-9H2,1-3H3;4,6,8-9,12,14-15H,3,5,7H2,1-2H3;2*4-7H,1-3H3,(H,12,13). The summed E-state index contributed by atoms with van der Waals surface area (Å²) >= 11 is 0. The number of hydrogen-bond acceptors (Lipinski definition) is 6. The monoisotopic (exact) mass is 773 g/mol. The topological polar surface area (TPSA) is 122 Å². The zero-order valence-electron chi connectivity index (χ0n) is 36.3. The van der Waals surface area contributed by atoms with Gasteiger partial charge in [-0.2, -0.15) is 10.2 Å². The molecule has 6 N–H and O–H groups in total. The molecule has 0 saturated carbocycles. The number of aromatic nitrogens is 4. The van der Waals surface area contributed by atoms with Gasteiger partial charge in [-0.05, 0) is 134 Å². The van der Waals surface area contributed by atoms with Gasteiger partial charge in [0.2, 0.25) is 0 Å². The van der Waals surface area contributed by atoms with Crippen molar-refractivity contribution in [2.24, 2.45) is 0 Å². The van der Waals surface area contributed by atoms with Crippen molar-refractivity contribution in [3.8, 4) is 11.5 Å². The van der Waals surface area contributed by atoms with Gasteiger partial charge in [-0.3, -0.25) is 10.2 Å². The number of nitrogens with zero attached hydrogens (tertiary/aromatic N) is 2. The maximum atomic E-state index is 9.84. The molecule has 2 heterocycles. The van der Waals surface area contributed by atoms with E-state index in [0.29, 0.717) is 29.6 Å². The van der Waals surface area contributed by atoms with E-state index in [1.54, 1.807) is 12.1 Å². The molecule has 306 valence electrons. The van der Waals surface area contributed by atoms with Crippen LogP contribution in [0.1, 0.15) is 122 Å². The highest BCUT2D eigenvalue weighted by Crippen LogP contribution is 2.31. The maximum absolute atomic E-state index is 9.84. The Hall–Kier alpha value is -4.66. The Morgan fingerprint density at radius 2 is 1.35 bits per heavy atom. The van der Waals surface area contributed by atoms with Crippen molar-refractivity contribution >= 4 is 21.8 Å². The van der Waals surface area contributed by atoms with Crippen LogP contribution in [0.2, 0.25) is 0 Å². The van der Waals surface area contributed by atoms with E-state index in [2.05, 4.69) is 156 Å². The number of nitrogens with one attached hydrogen (secondary N) is 4. The van der Waals surface area contributed by atoms with Crippen LogP contribution < -0.4 is 10.6 Å². The summed E-state index contributed by atoms with van der Waals surface area (Å²) in [6.45, 7) is 24.2. The number of hydrogen-bond donors (Lipinski definition) is 6. The predicted octanol–water partition coefficient (Wildman–Crippen LogP) is 10.6. The summed E-state index contributed by atoms with van der Waals surface area (Å²) < 4.78 is 0. The quantitative estimate of drug-likeness (QED) is 0.107. The maximum Gasteiger partial charge on any atom is 0.119 e. The first kappa shape index (κ1) is 43.5. The second-order valence-electron chi connectivity index (χ2n) is 19.3. The van der Waals surface area contributed by atoms with E-state index in [-0.39, 0.29) is 16.4 Å². The van der Waals surface area contributed by atoms with Crippen molar-refractivity contribution < 1.29 is 10.2 Å². The third-order valence-electron chi connectivity index (χ3n) is 10.7. The number of phenols is 2. The molecule has 0 aliphatic heterocycles. The number of H-pyrrole nitrogens is 2. The highest BCUT2D eigenvalue weighted by molar-refractivity contribution is 5.82. The van der Waals surface area contributed by atoms with Crippen LogP contribution in [0.15, 0.2) is 85.2 Å². The number of benzene rings is 4. The molecule has 0 amide bonds. The number of aryl methyl sites for hydroxylation is 2. The molecule has 0 spiro atoms. The number of rotatable bonds is 3. The van der Waals surface area contributed by atoms with Crippen molar-refractivity contribution in [2.75, 3.05) is 0 Å². The zero-order chi connectivity index (χ0) is 41.5. The van der Waals surface area contributed by atoms with Gasteiger partial charge in [0, 0.05) is 34.4 Å². The fraction of sp³-hybridized carbons (Fsp3) is 0.469. The Bertz CT molecular complexity index is 2190. The number of aromatic hydroxyl groups is 2. The first-order valence-electron chi connectivity index (χ1n) is 20.8. The van der Waals surface area contributed by atoms with Crippen LogP contribution in [0, 0.1) is 0 Å². The Morgan fingerprint density at radius 1 is 0.667 bits per heavy atom. The van der Waals surface area contributed by atoms with Crippen molar-refractivity contribution in [1.29, 1.82) is 0 Å². The summed E-state index contributed by atoms with van der Waals surface area (Å²) in [6, 6.07) is 26.0. The van der Waals surface area contributed by atoms with Gasteiger partial charge in [0.25, 0.3) is 0 Å². The molecule has 0 radical (unpaired) electrons. The first-order chi connectivity index (χ1) is 26.8. The lowest BCUT2D eigenvalue weighted by Crippen LogP contribution is -2.46. The second kappa shape index (κ2) is 18.3. The van der Waals surface area contributed by atoms with Gasteiger partial charge in [-0.25, -0.2) is 0 Å². The van der Waals surface area contributed by atoms with Gasteiger partial charge >= 0.3 is 0 Å². The number of fused-ring (bicyclic) bond motifs is 4. The molecule has 2 aliphatic rings. The molecule has 6 aromatic rings. The molecule has 2 aliphatic carbocycles. The Balaban J connectivity index is 0.000000146. The van der Waals surface area contributed by atoms with E-state index in [0.717, 1.165) is 48.7 Å². The summed E-state index contributed by atoms with van der Waals surface area (Å²) in [7, 11) is 0. The lowest BCUT2D eigenvalue weighted by atomic mass is 9.85. The second-order valence-corrected chi connectivity index (χ2v) is 19.3. The van der Waals surface area contributed by atoms with E-state index in [1.807, 2.05) is 24.5 Å². The Kier molecular flexibility index (Phi) is 13.9. The molecule has 0 fully saturated rings. The molecule has 2 aromatic heterocycles. The summed E-state index contributed by atoms with van der Waals surface area (Å²) in [5.41, 5.74) is 10.6. The van der Waals surface area contributed by atoms with E-state index < -0.39 is 0 Å². The van der Waals surface area contributed by atoms with Crippen LogP contribution >= 0.6 is 0 Å². The van der Waals surface area contributed by atoms with Crippen LogP contribution in [0.5, 0.6) is 11.5 Å². The van der Waals surface area contributed by atoms with Gasteiger partial charge in [-0.1, -0.05) is 97.9 Å². The third-order valence-corrected chi connectivity index (χ3v) is 10.7. The molecule has 8 heteroatoms. The van der Waals surface area contributed by atoms with Crippen LogP contribution in [-0.2, 0) is 36.5 Å². The average Bonchev–Trinajstić information content (AvgIpc) is 3.81. The summed E-state index contributed by atoms with van der Waals surface area (Å²) in [5, 5.41) is 42.8. The molecule has 4 aromatic carbocycles. The smallest absolute Gasteiger partial charge is 0.119 e. The lowest BCUT2D eigenvalue weighted by molar-refractivity contribution is 0.331. The minimum Gasteiger partial charge on any atom is -0.508 e. The lowest BCUT2D eigenvalue weighted by Gasteiger charge is -2.32. The van der Waals surface area contributed by atoms with Crippen LogP contribution in [-0.4, -0.2) is 54.3 Å². The van der Waals surface area contributed by atoms with Gasteiger partial charge in [0.15, 0.2) is 0 Å². The minimum absolute atomic E-state index is 0.145. The molecule has 0 saturated heterocycles. The molecule has 0 bridgehead atoms. The van der Waals surface area contributed by atoms with Crippen molar-refractivity contribution in [3.63, 3.8) is 0 Å². The van der Waals surface area contributed by atoms with E-state index >= 15 is 0 Å². The van der Waals surface area contributed by atoms with Gasteiger partial charge in [-0.15, -0.1) is 0 Å². The van der Waals surface area contributed by atoms with Gasteiger partial charge in [0.1, 0.15) is 11.5 Å². The van der Waals surface area contributed by atoms with Gasteiger partial charge in [0.05, 0.1) is 23.4 Å². The molecule has 2 unspecified atom stereocenters.